The third-order valence-electron chi connectivity index (χ3n) is 5.22. The maximum absolute atomic E-state index is 13.3. The van der Waals surface area contributed by atoms with Crippen molar-refractivity contribution < 1.29 is 9.59 Å². The van der Waals surface area contributed by atoms with Gasteiger partial charge in [0, 0.05) is 6.20 Å². The lowest BCUT2D eigenvalue weighted by atomic mass is 10.1. The first-order valence-corrected chi connectivity index (χ1v) is 9.40. The minimum Gasteiger partial charge on any atom is -0.268 e. The molecule has 4 aromatic rings. The third-order valence-corrected chi connectivity index (χ3v) is 5.22. The molecular weight excluding hydrogens is 364 g/mol. The maximum Gasteiger partial charge on any atom is 0.267 e. The van der Waals surface area contributed by atoms with E-state index in [-0.39, 0.29) is 11.8 Å². The van der Waals surface area contributed by atoms with Crippen molar-refractivity contribution >= 4 is 28.5 Å². The molecule has 0 bridgehead atoms. The number of imide groups is 1. The monoisotopic (exact) mass is 382 g/mol. The van der Waals surface area contributed by atoms with Gasteiger partial charge in [-0.15, -0.1) is 0 Å². The van der Waals surface area contributed by atoms with E-state index in [1.807, 2.05) is 62.4 Å². The average Bonchev–Trinajstić information content (AvgIpc) is 3.16. The van der Waals surface area contributed by atoms with Gasteiger partial charge in [0.15, 0.2) is 5.65 Å². The summed E-state index contributed by atoms with van der Waals surface area (Å²) in [6.45, 7) is 4.32. The van der Waals surface area contributed by atoms with Gasteiger partial charge in [0.25, 0.3) is 11.8 Å². The van der Waals surface area contributed by atoms with Crippen molar-refractivity contribution in [2.24, 2.45) is 0 Å². The van der Waals surface area contributed by atoms with Crippen LogP contribution >= 0.6 is 0 Å². The van der Waals surface area contributed by atoms with Crippen molar-refractivity contribution in [3.8, 4) is 0 Å². The largest absolute Gasteiger partial charge is 0.268 e. The van der Waals surface area contributed by atoms with Gasteiger partial charge >= 0.3 is 0 Å². The van der Waals surface area contributed by atoms with E-state index in [1.54, 1.807) is 10.7 Å². The van der Waals surface area contributed by atoms with E-state index in [9.17, 15) is 9.59 Å². The fraction of sp³-hybridized carbons (Fsp3) is 0.130. The van der Waals surface area contributed by atoms with Gasteiger partial charge in [-0.1, -0.05) is 42.5 Å². The molecule has 3 heterocycles. The first-order chi connectivity index (χ1) is 14.0. The highest BCUT2D eigenvalue weighted by Gasteiger charge is 2.39. The Labute approximate surface area is 167 Å². The Bertz CT molecular complexity index is 1290. The SMILES string of the molecule is Cc1cccc(N2C(=O)c3cnc4c(c(C)nn4Cc4ccccc4)c3C2=O)c1. The highest BCUT2D eigenvalue weighted by atomic mass is 16.2. The predicted octanol–water partition coefficient (Wildman–Crippen LogP) is 3.90. The number of fused-ring (bicyclic) bond motifs is 3. The molecular formula is C23H18N4O2. The number of nitrogens with zero attached hydrogens (tertiary/aromatic N) is 4. The first-order valence-electron chi connectivity index (χ1n) is 9.40. The number of carbonyl (C=O) groups is 2. The molecule has 6 heteroatoms. The lowest BCUT2D eigenvalue weighted by molar-refractivity contribution is 0.0926. The van der Waals surface area contributed by atoms with Crippen LogP contribution in [0.3, 0.4) is 0 Å². The minimum absolute atomic E-state index is 0.325. The van der Waals surface area contributed by atoms with E-state index in [2.05, 4.69) is 10.1 Å². The van der Waals surface area contributed by atoms with E-state index < -0.39 is 0 Å². The molecule has 0 aliphatic carbocycles. The van der Waals surface area contributed by atoms with Crippen molar-refractivity contribution in [1.82, 2.24) is 14.8 Å². The quantitative estimate of drug-likeness (QED) is 0.504. The molecule has 0 unspecified atom stereocenters. The van der Waals surface area contributed by atoms with E-state index in [1.165, 1.54) is 11.1 Å². The highest BCUT2D eigenvalue weighted by molar-refractivity contribution is 6.37. The molecule has 2 aromatic carbocycles. The van der Waals surface area contributed by atoms with Crippen LogP contribution in [-0.2, 0) is 6.54 Å². The second-order valence-corrected chi connectivity index (χ2v) is 7.26. The zero-order valence-corrected chi connectivity index (χ0v) is 16.1. The minimum atomic E-state index is -0.347. The molecule has 2 aromatic heterocycles. The Balaban J connectivity index is 1.65. The van der Waals surface area contributed by atoms with E-state index >= 15 is 0 Å². The number of hydrogen-bond acceptors (Lipinski definition) is 4. The lowest BCUT2D eigenvalue weighted by Gasteiger charge is -2.14. The first kappa shape index (κ1) is 17.3. The van der Waals surface area contributed by atoms with Crippen molar-refractivity contribution in [3.05, 3.63) is 88.7 Å². The van der Waals surface area contributed by atoms with Crippen LogP contribution in [-0.4, -0.2) is 26.6 Å². The topological polar surface area (TPSA) is 68.1 Å². The van der Waals surface area contributed by atoms with E-state index in [4.69, 9.17) is 0 Å². The Morgan fingerprint density at radius 2 is 1.72 bits per heavy atom. The third kappa shape index (κ3) is 2.64. The number of hydrogen-bond donors (Lipinski definition) is 0. The predicted molar refractivity (Wildman–Crippen MR) is 110 cm³/mol. The summed E-state index contributed by atoms with van der Waals surface area (Å²) in [5.41, 5.74) is 4.64. The van der Waals surface area contributed by atoms with Gasteiger partial charge in [0.05, 0.1) is 34.4 Å². The van der Waals surface area contributed by atoms with Gasteiger partial charge in [-0.3, -0.25) is 9.59 Å². The molecule has 0 saturated heterocycles. The van der Waals surface area contributed by atoms with Crippen LogP contribution < -0.4 is 4.90 Å². The van der Waals surface area contributed by atoms with Gasteiger partial charge < -0.3 is 0 Å². The van der Waals surface area contributed by atoms with Crippen LogP contribution in [0.25, 0.3) is 11.0 Å². The second kappa shape index (κ2) is 6.38. The van der Waals surface area contributed by atoms with Crippen molar-refractivity contribution in [2.45, 2.75) is 20.4 Å². The molecule has 1 aliphatic heterocycles. The molecule has 0 N–H and O–H groups in total. The molecule has 2 amide bonds. The molecule has 0 fully saturated rings. The molecule has 142 valence electrons. The molecule has 0 saturated carbocycles. The van der Waals surface area contributed by atoms with Gasteiger partial charge in [-0.05, 0) is 37.1 Å². The number of pyridine rings is 1. The van der Waals surface area contributed by atoms with Gasteiger partial charge in [-0.25, -0.2) is 14.6 Å². The number of benzene rings is 2. The summed E-state index contributed by atoms with van der Waals surface area (Å²) in [7, 11) is 0. The molecule has 1 aliphatic rings. The van der Waals surface area contributed by atoms with Gasteiger partial charge in [0.2, 0.25) is 0 Å². The highest BCUT2D eigenvalue weighted by Crippen LogP contribution is 2.34. The standard InChI is InChI=1S/C23H18N4O2/c1-14-7-6-10-17(11-14)27-22(28)18-12-24-21-19(20(18)23(27)29)15(2)25-26(21)13-16-8-4-3-5-9-16/h3-12H,13H2,1-2H3. The smallest absolute Gasteiger partial charge is 0.267 e. The normalized spacial score (nSPS) is 13.4. The van der Waals surface area contributed by atoms with Crippen LogP contribution in [0.4, 0.5) is 5.69 Å². The number of anilines is 1. The van der Waals surface area contributed by atoms with Crippen LogP contribution in [0.15, 0.2) is 60.8 Å². The number of amides is 2. The van der Waals surface area contributed by atoms with Gasteiger partial charge in [-0.2, -0.15) is 5.10 Å². The number of aryl methyl sites for hydroxylation is 2. The Hall–Kier alpha value is -3.80. The molecule has 6 nitrogen and oxygen atoms in total. The molecule has 0 atom stereocenters. The molecule has 29 heavy (non-hydrogen) atoms. The summed E-state index contributed by atoms with van der Waals surface area (Å²) in [6.07, 6.45) is 1.50. The van der Waals surface area contributed by atoms with Crippen molar-refractivity contribution in [1.29, 1.82) is 0 Å². The number of carbonyl (C=O) groups excluding carboxylic acids is 2. The van der Waals surface area contributed by atoms with Crippen molar-refractivity contribution in [3.63, 3.8) is 0 Å². The van der Waals surface area contributed by atoms with Crippen LogP contribution in [0.1, 0.15) is 37.5 Å². The average molecular weight is 382 g/mol. The fourth-order valence-electron chi connectivity index (χ4n) is 3.90. The van der Waals surface area contributed by atoms with Crippen molar-refractivity contribution in [2.75, 3.05) is 4.90 Å². The maximum atomic E-state index is 13.3. The van der Waals surface area contributed by atoms with Crippen LogP contribution in [0.5, 0.6) is 0 Å². The summed E-state index contributed by atoms with van der Waals surface area (Å²) in [6, 6.07) is 17.3. The summed E-state index contributed by atoms with van der Waals surface area (Å²) >= 11 is 0. The number of rotatable bonds is 3. The van der Waals surface area contributed by atoms with Crippen LogP contribution in [0, 0.1) is 13.8 Å². The summed E-state index contributed by atoms with van der Waals surface area (Å²) in [5.74, 6) is -0.675. The lowest BCUT2D eigenvalue weighted by Crippen LogP contribution is -2.29. The second-order valence-electron chi connectivity index (χ2n) is 7.26. The summed E-state index contributed by atoms with van der Waals surface area (Å²) in [5, 5.41) is 5.25. The van der Waals surface area contributed by atoms with Gasteiger partial charge in [0.1, 0.15) is 0 Å². The zero-order valence-electron chi connectivity index (χ0n) is 16.1. The summed E-state index contributed by atoms with van der Waals surface area (Å²) < 4.78 is 1.79. The van der Waals surface area contributed by atoms with E-state index in [0.29, 0.717) is 40.1 Å². The summed E-state index contributed by atoms with van der Waals surface area (Å²) in [4.78, 5) is 32.0. The zero-order chi connectivity index (χ0) is 20.1. The molecule has 0 radical (unpaired) electrons. The Morgan fingerprint density at radius 3 is 2.48 bits per heavy atom. The molecule has 0 spiro atoms. The van der Waals surface area contributed by atoms with E-state index in [0.717, 1.165) is 11.1 Å². The molecule has 5 rings (SSSR count). The fourth-order valence-corrected chi connectivity index (χ4v) is 3.90. The van der Waals surface area contributed by atoms with Crippen LogP contribution in [0.2, 0.25) is 0 Å². The number of aromatic nitrogens is 3. The Morgan fingerprint density at radius 1 is 0.931 bits per heavy atom. The Kier molecular flexibility index (Phi) is 3.81.